The summed E-state index contributed by atoms with van der Waals surface area (Å²) in [5, 5.41) is 3.95. The summed E-state index contributed by atoms with van der Waals surface area (Å²) < 4.78 is 1.83. The summed E-state index contributed by atoms with van der Waals surface area (Å²) in [4.78, 5) is 24.8. The van der Waals surface area contributed by atoms with E-state index in [4.69, 9.17) is 11.6 Å². The Labute approximate surface area is 138 Å². The molecule has 0 aliphatic rings. The predicted octanol–water partition coefficient (Wildman–Crippen LogP) is 3.96. The average molecular weight is 327 g/mol. The fourth-order valence-electron chi connectivity index (χ4n) is 2.57. The summed E-state index contributed by atoms with van der Waals surface area (Å²) in [6.45, 7) is 1.79. The van der Waals surface area contributed by atoms with E-state index in [-0.39, 0.29) is 0 Å². The van der Waals surface area contributed by atoms with E-state index in [1.165, 1.54) is 0 Å². The fraction of sp³-hybridized carbons (Fsp3) is 0.111. The molecule has 0 saturated carbocycles. The molecule has 0 spiro atoms. The fourth-order valence-corrected chi connectivity index (χ4v) is 2.74. The maximum Gasteiger partial charge on any atom is 0.296 e. The van der Waals surface area contributed by atoms with Crippen LogP contribution >= 0.6 is 11.6 Å². The van der Waals surface area contributed by atoms with Crippen LogP contribution in [0.2, 0.25) is 5.02 Å². The van der Waals surface area contributed by atoms with Crippen molar-refractivity contribution in [3.05, 3.63) is 64.8 Å². The van der Waals surface area contributed by atoms with Gasteiger partial charge in [-0.25, -0.2) is 0 Å². The first kappa shape index (κ1) is 15.3. The van der Waals surface area contributed by atoms with E-state index in [2.05, 4.69) is 5.32 Å². The van der Waals surface area contributed by atoms with Gasteiger partial charge < -0.3 is 9.88 Å². The van der Waals surface area contributed by atoms with Gasteiger partial charge in [0.25, 0.3) is 11.7 Å². The Balaban J connectivity index is 1.93. The van der Waals surface area contributed by atoms with Crippen molar-refractivity contribution in [2.75, 3.05) is 5.32 Å². The number of carbonyl (C=O) groups excluding carboxylic acids is 2. The number of hydrogen-bond donors (Lipinski definition) is 1. The minimum Gasteiger partial charge on any atom is -0.350 e. The molecule has 0 atom stereocenters. The van der Waals surface area contributed by atoms with Gasteiger partial charge in [0.15, 0.2) is 0 Å². The highest BCUT2D eigenvalue weighted by Gasteiger charge is 2.21. The van der Waals surface area contributed by atoms with E-state index < -0.39 is 11.7 Å². The molecule has 4 nitrogen and oxygen atoms in total. The molecule has 1 N–H and O–H groups in total. The van der Waals surface area contributed by atoms with Crippen molar-refractivity contribution in [1.29, 1.82) is 0 Å². The Morgan fingerprint density at radius 2 is 1.83 bits per heavy atom. The van der Waals surface area contributed by atoms with Crippen molar-refractivity contribution >= 4 is 39.9 Å². The van der Waals surface area contributed by atoms with Crippen LogP contribution in [0, 0.1) is 6.92 Å². The van der Waals surface area contributed by atoms with Gasteiger partial charge in [0.05, 0.1) is 5.56 Å². The minimum atomic E-state index is -0.674. The summed E-state index contributed by atoms with van der Waals surface area (Å²) in [6, 6.07) is 12.7. The second-order valence-corrected chi connectivity index (χ2v) is 5.77. The molecule has 116 valence electrons. The lowest BCUT2D eigenvalue weighted by Crippen LogP contribution is -2.23. The standard InChI is InChI=1S/C18H15ClN2O2/c1-11-14(19)7-5-8-15(11)20-18(23)17(22)13-10-21(2)16-9-4-3-6-12(13)16/h3-10H,1-2H3,(H,20,23). The molecule has 3 rings (SSSR count). The number of fused-ring (bicyclic) bond motifs is 1. The molecule has 23 heavy (non-hydrogen) atoms. The van der Waals surface area contributed by atoms with Crippen molar-refractivity contribution in [3.8, 4) is 0 Å². The molecular formula is C18H15ClN2O2. The molecule has 1 heterocycles. The number of para-hydroxylation sites is 1. The molecule has 1 aromatic heterocycles. The van der Waals surface area contributed by atoms with Gasteiger partial charge in [-0.15, -0.1) is 0 Å². The zero-order valence-electron chi connectivity index (χ0n) is 12.8. The largest absolute Gasteiger partial charge is 0.350 e. The molecular weight excluding hydrogens is 312 g/mol. The number of rotatable bonds is 3. The van der Waals surface area contributed by atoms with Crippen LogP contribution < -0.4 is 5.32 Å². The highest BCUT2D eigenvalue weighted by Crippen LogP contribution is 2.24. The Morgan fingerprint density at radius 3 is 2.61 bits per heavy atom. The Kier molecular flexibility index (Phi) is 3.92. The van der Waals surface area contributed by atoms with E-state index in [1.807, 2.05) is 35.9 Å². The van der Waals surface area contributed by atoms with Crippen molar-refractivity contribution < 1.29 is 9.59 Å². The number of ketones is 1. The average Bonchev–Trinajstić information content (AvgIpc) is 2.88. The first-order valence-electron chi connectivity index (χ1n) is 7.14. The summed E-state index contributed by atoms with van der Waals surface area (Å²) in [5.74, 6) is -1.24. The normalized spacial score (nSPS) is 10.7. The maximum absolute atomic E-state index is 12.5. The van der Waals surface area contributed by atoms with Gasteiger partial charge >= 0.3 is 0 Å². The molecule has 0 radical (unpaired) electrons. The number of Topliss-reactive ketones (excluding diaryl/α,β-unsaturated/α-hetero) is 1. The molecule has 5 heteroatoms. The van der Waals surface area contributed by atoms with E-state index in [0.717, 1.165) is 16.5 Å². The van der Waals surface area contributed by atoms with Gasteiger partial charge in [-0.1, -0.05) is 35.9 Å². The number of benzene rings is 2. The molecule has 0 unspecified atom stereocenters. The van der Waals surface area contributed by atoms with Crippen LogP contribution in [-0.4, -0.2) is 16.3 Å². The van der Waals surface area contributed by atoms with Crippen molar-refractivity contribution in [2.24, 2.45) is 7.05 Å². The van der Waals surface area contributed by atoms with Crippen LogP contribution in [0.25, 0.3) is 10.9 Å². The molecule has 2 aromatic carbocycles. The second-order valence-electron chi connectivity index (χ2n) is 5.37. The monoisotopic (exact) mass is 326 g/mol. The molecule has 1 amide bonds. The SMILES string of the molecule is Cc1c(Cl)cccc1NC(=O)C(=O)c1cn(C)c2ccccc12. The van der Waals surface area contributed by atoms with Crippen LogP contribution in [-0.2, 0) is 11.8 Å². The van der Waals surface area contributed by atoms with Crippen molar-refractivity contribution in [3.63, 3.8) is 0 Å². The lowest BCUT2D eigenvalue weighted by molar-refractivity contribution is -0.112. The van der Waals surface area contributed by atoms with Crippen LogP contribution in [0.5, 0.6) is 0 Å². The number of nitrogens with zero attached hydrogens (tertiary/aromatic N) is 1. The number of hydrogen-bond acceptors (Lipinski definition) is 2. The van der Waals surface area contributed by atoms with Crippen LogP contribution in [0.4, 0.5) is 5.69 Å². The van der Waals surface area contributed by atoms with Gasteiger partial charge in [0.1, 0.15) is 0 Å². The third-order valence-electron chi connectivity index (χ3n) is 3.86. The minimum absolute atomic E-state index is 0.389. The second kappa shape index (κ2) is 5.89. The third kappa shape index (κ3) is 2.73. The molecule has 0 bridgehead atoms. The van der Waals surface area contributed by atoms with E-state index in [9.17, 15) is 9.59 Å². The maximum atomic E-state index is 12.5. The van der Waals surface area contributed by atoms with Gasteiger partial charge in [0.2, 0.25) is 0 Å². The molecule has 0 aliphatic heterocycles. The Hall–Kier alpha value is -2.59. The van der Waals surface area contributed by atoms with Crippen LogP contribution in [0.3, 0.4) is 0 Å². The lowest BCUT2D eigenvalue weighted by atomic mass is 10.1. The van der Waals surface area contributed by atoms with Crippen molar-refractivity contribution in [2.45, 2.75) is 6.92 Å². The molecule has 0 aliphatic carbocycles. The molecule has 0 fully saturated rings. The van der Waals surface area contributed by atoms with E-state index in [1.54, 1.807) is 31.3 Å². The smallest absolute Gasteiger partial charge is 0.296 e. The van der Waals surface area contributed by atoms with E-state index >= 15 is 0 Å². The lowest BCUT2D eigenvalue weighted by Gasteiger charge is -2.08. The summed E-state index contributed by atoms with van der Waals surface area (Å²) in [5.41, 5.74) is 2.56. The predicted molar refractivity (Wildman–Crippen MR) is 92.1 cm³/mol. The Bertz CT molecular complexity index is 928. The zero-order valence-corrected chi connectivity index (χ0v) is 13.5. The quantitative estimate of drug-likeness (QED) is 0.585. The van der Waals surface area contributed by atoms with Crippen LogP contribution in [0.1, 0.15) is 15.9 Å². The summed E-state index contributed by atoms with van der Waals surface area (Å²) in [6.07, 6.45) is 1.68. The Morgan fingerprint density at radius 1 is 1.09 bits per heavy atom. The number of anilines is 1. The first-order chi connectivity index (χ1) is 11.0. The summed E-state index contributed by atoms with van der Waals surface area (Å²) >= 11 is 6.04. The number of amides is 1. The van der Waals surface area contributed by atoms with Crippen molar-refractivity contribution in [1.82, 2.24) is 4.57 Å². The summed E-state index contributed by atoms with van der Waals surface area (Å²) in [7, 11) is 1.85. The number of nitrogens with one attached hydrogen (secondary N) is 1. The van der Waals surface area contributed by atoms with Crippen LogP contribution in [0.15, 0.2) is 48.7 Å². The number of halogens is 1. The van der Waals surface area contributed by atoms with Gasteiger partial charge in [0, 0.05) is 34.9 Å². The van der Waals surface area contributed by atoms with Gasteiger partial charge in [-0.2, -0.15) is 0 Å². The first-order valence-corrected chi connectivity index (χ1v) is 7.51. The third-order valence-corrected chi connectivity index (χ3v) is 4.27. The number of aryl methyl sites for hydroxylation is 1. The number of aromatic nitrogens is 1. The highest BCUT2D eigenvalue weighted by atomic mass is 35.5. The highest BCUT2D eigenvalue weighted by molar-refractivity contribution is 6.48. The molecule has 3 aromatic rings. The zero-order chi connectivity index (χ0) is 16.6. The van der Waals surface area contributed by atoms with Gasteiger partial charge in [-0.3, -0.25) is 9.59 Å². The van der Waals surface area contributed by atoms with E-state index in [0.29, 0.717) is 16.3 Å². The molecule has 0 saturated heterocycles. The topological polar surface area (TPSA) is 51.1 Å². The van der Waals surface area contributed by atoms with Gasteiger partial charge in [-0.05, 0) is 30.7 Å². The number of carbonyl (C=O) groups is 2.